The normalized spacial score (nSPS) is 13.2. The molecule has 0 saturated heterocycles. The van der Waals surface area contributed by atoms with Gasteiger partial charge in [0.15, 0.2) is 0 Å². The summed E-state index contributed by atoms with van der Waals surface area (Å²) in [6, 6.07) is 10.5. The fourth-order valence-electron chi connectivity index (χ4n) is 2.68. The van der Waals surface area contributed by atoms with Gasteiger partial charge in [-0.2, -0.15) is 0 Å². The molecule has 0 spiro atoms. The van der Waals surface area contributed by atoms with Gasteiger partial charge >= 0.3 is 0 Å². The van der Waals surface area contributed by atoms with Crippen LogP contribution in [-0.4, -0.2) is 40.1 Å². The summed E-state index contributed by atoms with van der Waals surface area (Å²) in [7, 11) is -3.47. The molecule has 1 aromatic carbocycles. The topological polar surface area (TPSA) is 21.7 Å². The Hall–Kier alpha value is -0.916. The van der Waals surface area contributed by atoms with Crippen molar-refractivity contribution in [1.82, 2.24) is 4.57 Å². The minimum atomic E-state index is -1.81. The third-order valence-electron chi connectivity index (χ3n) is 3.76. The Morgan fingerprint density at radius 2 is 1.62 bits per heavy atom. The maximum absolute atomic E-state index is 6.43. The lowest BCUT2D eigenvalue weighted by Gasteiger charge is -2.39. The van der Waals surface area contributed by atoms with Gasteiger partial charge in [0.1, 0.15) is 13.9 Å². The van der Waals surface area contributed by atoms with Crippen LogP contribution in [0.15, 0.2) is 36.3 Å². The van der Waals surface area contributed by atoms with Crippen molar-refractivity contribution in [3.63, 3.8) is 0 Å². The fraction of sp³-hybridized carbons (Fsp3) is 0.600. The highest BCUT2D eigenvalue weighted by Crippen LogP contribution is 2.31. The summed E-state index contributed by atoms with van der Waals surface area (Å²) in [4.78, 5) is 0. The van der Waals surface area contributed by atoms with E-state index < -0.39 is 16.6 Å². The number of hydrogen-bond donors (Lipinski definition) is 0. The van der Waals surface area contributed by atoms with Crippen molar-refractivity contribution in [2.24, 2.45) is 0 Å². The second-order valence-electron chi connectivity index (χ2n) is 8.37. The Morgan fingerprint density at radius 1 is 1.00 bits per heavy atom. The second kappa shape index (κ2) is 10.4. The standard InChI is InChI=1S/C20H36ClNO2Si2/c1-8-23-20(24-26(5,6)7)19(18-14-10-9-11-15-18)22(25(2,3)4)17-13-12-16-21/h9-11,14-15H,8,12-13,16-17H2,1-7H3/b20-19+. The number of rotatable bonds is 11. The van der Waals surface area contributed by atoms with E-state index in [1.165, 1.54) is 0 Å². The van der Waals surface area contributed by atoms with Crippen molar-refractivity contribution in [1.29, 1.82) is 0 Å². The molecule has 0 fully saturated rings. The van der Waals surface area contributed by atoms with Crippen molar-refractivity contribution in [2.75, 3.05) is 19.0 Å². The SMILES string of the molecule is CCO/C(O[Si](C)(C)C)=C(/c1ccccc1)N(CCCCCl)[Si](C)(C)C. The molecule has 0 bridgehead atoms. The number of benzene rings is 1. The lowest BCUT2D eigenvalue weighted by Crippen LogP contribution is -2.46. The molecule has 26 heavy (non-hydrogen) atoms. The number of nitrogens with zero attached hydrogens (tertiary/aromatic N) is 1. The second-order valence-corrected chi connectivity index (χ2v) is 18.1. The highest BCUT2D eigenvalue weighted by molar-refractivity contribution is 6.74. The average molecular weight is 414 g/mol. The molecule has 0 radical (unpaired) electrons. The van der Waals surface area contributed by atoms with Gasteiger partial charge in [-0.25, -0.2) is 0 Å². The van der Waals surface area contributed by atoms with Gasteiger partial charge in [0.05, 0.1) is 6.61 Å². The van der Waals surface area contributed by atoms with E-state index in [2.05, 4.69) is 68.1 Å². The largest absolute Gasteiger partial charge is 0.518 e. The molecule has 1 rings (SSSR count). The molecule has 0 N–H and O–H groups in total. The maximum Gasteiger partial charge on any atom is 0.289 e. The molecule has 0 saturated carbocycles. The number of hydrogen-bond acceptors (Lipinski definition) is 3. The molecule has 0 aliphatic heterocycles. The highest BCUT2D eigenvalue weighted by atomic mass is 35.5. The van der Waals surface area contributed by atoms with Crippen LogP contribution in [-0.2, 0) is 9.16 Å². The summed E-state index contributed by atoms with van der Waals surface area (Å²) in [6.45, 7) is 17.3. The quantitative estimate of drug-likeness (QED) is 0.182. The van der Waals surface area contributed by atoms with E-state index in [0.717, 1.165) is 30.6 Å². The molecular formula is C20H36ClNO2Si2. The number of ether oxygens (including phenoxy) is 1. The zero-order valence-corrected chi connectivity index (χ0v) is 20.3. The van der Waals surface area contributed by atoms with Crippen LogP contribution in [0, 0.1) is 0 Å². The first-order valence-corrected chi connectivity index (χ1v) is 16.9. The summed E-state index contributed by atoms with van der Waals surface area (Å²) in [5.41, 5.74) is 2.26. The van der Waals surface area contributed by atoms with Crippen molar-refractivity contribution in [3.05, 3.63) is 41.8 Å². The Balaban J connectivity index is 3.51. The summed E-state index contributed by atoms with van der Waals surface area (Å²) in [5, 5.41) is 0. The zero-order valence-electron chi connectivity index (χ0n) is 17.6. The first-order valence-electron chi connectivity index (χ1n) is 9.55. The van der Waals surface area contributed by atoms with Gasteiger partial charge < -0.3 is 13.7 Å². The van der Waals surface area contributed by atoms with Gasteiger partial charge in [-0.1, -0.05) is 50.0 Å². The van der Waals surface area contributed by atoms with Gasteiger partial charge in [0, 0.05) is 18.0 Å². The Bertz CT molecular complexity index is 565. The molecule has 0 amide bonds. The Morgan fingerprint density at radius 3 is 2.08 bits per heavy atom. The van der Waals surface area contributed by atoms with E-state index in [-0.39, 0.29) is 0 Å². The first kappa shape index (κ1) is 23.1. The number of alkyl halides is 1. The summed E-state index contributed by atoms with van der Waals surface area (Å²) in [6.07, 6.45) is 2.08. The third-order valence-corrected chi connectivity index (χ3v) is 6.89. The zero-order chi connectivity index (χ0) is 19.8. The summed E-state index contributed by atoms with van der Waals surface area (Å²) in [5.74, 6) is 1.39. The molecule has 0 aliphatic rings. The molecule has 0 heterocycles. The Kier molecular flexibility index (Phi) is 9.27. The van der Waals surface area contributed by atoms with E-state index in [1.54, 1.807) is 0 Å². The number of halogens is 1. The van der Waals surface area contributed by atoms with Crippen LogP contribution in [0.25, 0.3) is 5.70 Å². The fourth-order valence-corrected chi connectivity index (χ4v) is 5.30. The lowest BCUT2D eigenvalue weighted by molar-refractivity contribution is 0.111. The molecule has 3 nitrogen and oxygen atoms in total. The first-order chi connectivity index (χ1) is 12.1. The van der Waals surface area contributed by atoms with E-state index in [4.69, 9.17) is 20.8 Å². The van der Waals surface area contributed by atoms with Gasteiger partial charge in [-0.15, -0.1) is 11.6 Å². The van der Waals surface area contributed by atoms with Gasteiger partial charge in [-0.05, 0) is 39.4 Å². The Labute approximate surface area is 167 Å². The summed E-state index contributed by atoms with van der Waals surface area (Å²) < 4.78 is 15.0. The third kappa shape index (κ3) is 7.76. The van der Waals surface area contributed by atoms with Gasteiger partial charge in [-0.3, -0.25) is 0 Å². The molecule has 0 aromatic heterocycles. The smallest absolute Gasteiger partial charge is 0.289 e. The molecule has 148 valence electrons. The highest BCUT2D eigenvalue weighted by Gasteiger charge is 2.32. The monoisotopic (exact) mass is 413 g/mol. The van der Waals surface area contributed by atoms with Crippen LogP contribution in [0.3, 0.4) is 0 Å². The minimum absolute atomic E-state index is 0.595. The van der Waals surface area contributed by atoms with Crippen LogP contribution in [0.4, 0.5) is 0 Å². The number of unbranched alkanes of at least 4 members (excludes halogenated alkanes) is 1. The van der Waals surface area contributed by atoms with Crippen LogP contribution in [0.2, 0.25) is 39.3 Å². The van der Waals surface area contributed by atoms with E-state index >= 15 is 0 Å². The van der Waals surface area contributed by atoms with Crippen molar-refractivity contribution >= 4 is 33.9 Å². The molecular weight excluding hydrogens is 378 g/mol. The van der Waals surface area contributed by atoms with Crippen molar-refractivity contribution < 1.29 is 9.16 Å². The van der Waals surface area contributed by atoms with Crippen molar-refractivity contribution in [3.8, 4) is 0 Å². The molecule has 1 aromatic rings. The molecule has 0 unspecified atom stereocenters. The van der Waals surface area contributed by atoms with E-state index in [1.807, 2.05) is 13.0 Å². The summed E-state index contributed by atoms with van der Waals surface area (Å²) >= 11 is 5.93. The molecule has 0 aliphatic carbocycles. The van der Waals surface area contributed by atoms with Gasteiger partial charge in [0.2, 0.25) is 8.32 Å². The average Bonchev–Trinajstić information content (AvgIpc) is 2.52. The van der Waals surface area contributed by atoms with E-state index in [9.17, 15) is 0 Å². The van der Waals surface area contributed by atoms with Crippen LogP contribution >= 0.6 is 11.6 Å². The maximum atomic E-state index is 6.43. The van der Waals surface area contributed by atoms with E-state index in [0.29, 0.717) is 18.4 Å². The molecule has 0 atom stereocenters. The lowest BCUT2D eigenvalue weighted by atomic mass is 10.1. The van der Waals surface area contributed by atoms with Crippen LogP contribution in [0.5, 0.6) is 0 Å². The van der Waals surface area contributed by atoms with Crippen LogP contribution < -0.4 is 0 Å². The van der Waals surface area contributed by atoms with Crippen LogP contribution in [0.1, 0.15) is 25.3 Å². The predicted molar refractivity (Wildman–Crippen MR) is 119 cm³/mol. The predicted octanol–water partition coefficient (Wildman–Crippen LogP) is 6.36. The van der Waals surface area contributed by atoms with Gasteiger partial charge in [0.25, 0.3) is 5.95 Å². The van der Waals surface area contributed by atoms with Crippen molar-refractivity contribution in [2.45, 2.75) is 59.0 Å². The minimum Gasteiger partial charge on any atom is -0.518 e. The molecule has 6 heteroatoms.